The first-order valence-electron chi connectivity index (χ1n) is 8.50. The number of aliphatic hydroxyl groups is 2. The van der Waals surface area contributed by atoms with Gasteiger partial charge in [0.1, 0.15) is 0 Å². The van der Waals surface area contributed by atoms with Gasteiger partial charge in [0.15, 0.2) is 0 Å². The van der Waals surface area contributed by atoms with Crippen LogP contribution in [0.5, 0.6) is 0 Å². The maximum absolute atomic E-state index is 12.8. The normalized spacial score (nSPS) is 13.5. The summed E-state index contributed by atoms with van der Waals surface area (Å²) in [5.41, 5.74) is 4.34. The monoisotopic (exact) mass is 447 g/mol. The maximum atomic E-state index is 12.8. The highest BCUT2D eigenvalue weighted by Crippen LogP contribution is 2.35. The molecule has 0 heterocycles. The van der Waals surface area contributed by atoms with Crippen LogP contribution in [0.25, 0.3) is 11.6 Å². The van der Waals surface area contributed by atoms with Crippen molar-refractivity contribution in [2.75, 3.05) is 13.2 Å². The van der Waals surface area contributed by atoms with E-state index in [1.807, 2.05) is 54.6 Å². The van der Waals surface area contributed by atoms with Crippen molar-refractivity contribution >= 4 is 45.1 Å². The Morgan fingerprint density at radius 2 is 1.85 bits per heavy atom. The number of halogens is 2. The van der Waals surface area contributed by atoms with E-state index in [0.29, 0.717) is 17.0 Å². The lowest BCUT2D eigenvalue weighted by molar-refractivity contribution is -0.116. The van der Waals surface area contributed by atoms with Gasteiger partial charge < -0.3 is 15.5 Å². The molecule has 6 heteroatoms. The van der Waals surface area contributed by atoms with Crippen molar-refractivity contribution in [2.24, 2.45) is 0 Å². The summed E-state index contributed by atoms with van der Waals surface area (Å²) >= 11 is 9.39. The molecule has 0 aliphatic heterocycles. The van der Waals surface area contributed by atoms with Gasteiger partial charge in [-0.15, -0.1) is 0 Å². The lowest BCUT2D eigenvalue weighted by atomic mass is 10.0. The molecule has 0 unspecified atom stereocenters. The third-order valence-electron chi connectivity index (χ3n) is 4.39. The van der Waals surface area contributed by atoms with E-state index >= 15 is 0 Å². The van der Waals surface area contributed by atoms with Crippen LogP contribution in [0, 0.1) is 0 Å². The van der Waals surface area contributed by atoms with Crippen molar-refractivity contribution in [3.63, 3.8) is 0 Å². The van der Waals surface area contributed by atoms with Gasteiger partial charge in [0.25, 0.3) is 5.91 Å². The molecule has 0 saturated heterocycles. The Morgan fingerprint density at radius 1 is 1.15 bits per heavy atom. The predicted octanol–water partition coefficient (Wildman–Crippen LogP) is 3.60. The first-order valence-corrected chi connectivity index (χ1v) is 9.67. The van der Waals surface area contributed by atoms with Crippen LogP contribution >= 0.6 is 27.5 Å². The zero-order valence-electron chi connectivity index (χ0n) is 14.5. The van der Waals surface area contributed by atoms with E-state index < -0.39 is 6.04 Å². The van der Waals surface area contributed by atoms with E-state index in [1.54, 1.807) is 0 Å². The fourth-order valence-electron chi connectivity index (χ4n) is 3.01. The summed E-state index contributed by atoms with van der Waals surface area (Å²) in [5.74, 6) is -0.306. The summed E-state index contributed by atoms with van der Waals surface area (Å²) in [4.78, 5) is 12.8. The molecule has 3 N–H and O–H groups in total. The van der Waals surface area contributed by atoms with Crippen molar-refractivity contribution in [3.8, 4) is 0 Å². The Labute approximate surface area is 171 Å². The highest BCUT2D eigenvalue weighted by molar-refractivity contribution is 9.10. The minimum atomic E-state index is -0.689. The second-order valence-corrected chi connectivity index (χ2v) is 7.65. The molecule has 0 saturated carbocycles. The zero-order valence-corrected chi connectivity index (χ0v) is 16.8. The van der Waals surface area contributed by atoms with Crippen LogP contribution in [-0.2, 0) is 11.2 Å². The van der Waals surface area contributed by atoms with E-state index in [2.05, 4.69) is 21.2 Å². The first-order chi connectivity index (χ1) is 13.0. The molecule has 2 aromatic rings. The number of fused-ring (bicyclic) bond motifs is 1. The second-order valence-electron chi connectivity index (χ2n) is 6.30. The van der Waals surface area contributed by atoms with Crippen molar-refractivity contribution in [1.82, 2.24) is 5.32 Å². The summed E-state index contributed by atoms with van der Waals surface area (Å²) < 4.78 is 0.951. The topological polar surface area (TPSA) is 69.6 Å². The molecule has 27 heavy (non-hydrogen) atoms. The van der Waals surface area contributed by atoms with Crippen molar-refractivity contribution in [3.05, 3.63) is 80.3 Å². The van der Waals surface area contributed by atoms with Gasteiger partial charge >= 0.3 is 0 Å². The third kappa shape index (κ3) is 4.68. The lowest BCUT2D eigenvalue weighted by Gasteiger charge is -2.15. The van der Waals surface area contributed by atoms with Crippen LogP contribution < -0.4 is 5.32 Å². The highest BCUT2D eigenvalue weighted by atomic mass is 79.9. The molecular formula is C21H19BrClNO3. The SMILES string of the molecule is O=C(NC(CO)CO)C1=C(/C=C/c2ccc(Cl)cc2)Cc2cc(Br)ccc21. The summed E-state index contributed by atoms with van der Waals surface area (Å²) in [6.45, 7) is -0.642. The number of rotatable bonds is 6. The van der Waals surface area contributed by atoms with Crippen LogP contribution in [0.1, 0.15) is 16.7 Å². The van der Waals surface area contributed by atoms with E-state index in [4.69, 9.17) is 11.6 Å². The fraction of sp³-hybridized carbons (Fsp3) is 0.190. The molecule has 0 bridgehead atoms. The van der Waals surface area contributed by atoms with Gasteiger partial charge in [0.05, 0.1) is 24.8 Å². The van der Waals surface area contributed by atoms with Gasteiger partial charge in [0, 0.05) is 9.50 Å². The third-order valence-corrected chi connectivity index (χ3v) is 5.13. The van der Waals surface area contributed by atoms with E-state index in [1.165, 1.54) is 0 Å². The molecule has 1 aliphatic rings. The van der Waals surface area contributed by atoms with E-state index in [0.717, 1.165) is 26.7 Å². The predicted molar refractivity (Wildman–Crippen MR) is 111 cm³/mol. The maximum Gasteiger partial charge on any atom is 0.252 e. The molecule has 0 radical (unpaired) electrons. The number of allylic oxidation sites excluding steroid dienone is 2. The Kier molecular flexibility index (Phi) is 6.50. The standard InChI is InChI=1S/C21H19BrClNO3/c22-16-5-8-19-15(10-16)9-14(4-1-13-2-6-17(23)7-3-13)20(19)21(27)24-18(11-25)12-26/h1-8,10,18,25-26H,9,11-12H2,(H,24,27)/b4-1+. The van der Waals surface area contributed by atoms with Crippen LogP contribution in [-0.4, -0.2) is 35.4 Å². The average molecular weight is 449 g/mol. The zero-order chi connectivity index (χ0) is 19.4. The molecule has 0 aromatic heterocycles. The molecule has 0 spiro atoms. The Balaban J connectivity index is 1.95. The summed E-state index contributed by atoms with van der Waals surface area (Å²) in [6.07, 6.45) is 4.50. The van der Waals surface area contributed by atoms with Crippen LogP contribution in [0.15, 0.2) is 58.6 Å². The van der Waals surface area contributed by atoms with Gasteiger partial charge in [-0.3, -0.25) is 4.79 Å². The first kappa shape index (κ1) is 19.8. The summed E-state index contributed by atoms with van der Waals surface area (Å²) in [5, 5.41) is 21.9. The molecule has 0 atom stereocenters. The molecule has 3 rings (SSSR count). The molecular weight excluding hydrogens is 430 g/mol. The molecule has 1 amide bonds. The number of hydrogen-bond acceptors (Lipinski definition) is 3. The number of carbonyl (C=O) groups excluding carboxylic acids is 1. The van der Waals surface area contributed by atoms with E-state index in [9.17, 15) is 15.0 Å². The molecule has 0 fully saturated rings. The number of aliphatic hydroxyl groups excluding tert-OH is 2. The largest absolute Gasteiger partial charge is 0.394 e. The highest BCUT2D eigenvalue weighted by Gasteiger charge is 2.26. The van der Waals surface area contributed by atoms with Gasteiger partial charge in [-0.1, -0.05) is 57.9 Å². The summed E-state index contributed by atoms with van der Waals surface area (Å²) in [6, 6.07) is 12.6. The Hall–Kier alpha value is -1.92. The van der Waals surface area contributed by atoms with Crippen molar-refractivity contribution < 1.29 is 15.0 Å². The van der Waals surface area contributed by atoms with Gasteiger partial charge in [-0.05, 0) is 52.9 Å². The quantitative estimate of drug-likeness (QED) is 0.632. The number of nitrogens with one attached hydrogen (secondary N) is 1. The smallest absolute Gasteiger partial charge is 0.252 e. The average Bonchev–Trinajstić information content (AvgIpc) is 3.03. The number of carbonyl (C=O) groups is 1. The lowest BCUT2D eigenvalue weighted by Crippen LogP contribution is -2.40. The minimum absolute atomic E-state index is 0.306. The summed E-state index contributed by atoms with van der Waals surface area (Å²) in [7, 11) is 0. The molecule has 1 aliphatic carbocycles. The van der Waals surface area contributed by atoms with Crippen LogP contribution in [0.3, 0.4) is 0 Å². The Bertz CT molecular complexity index is 902. The van der Waals surface area contributed by atoms with Crippen LogP contribution in [0.4, 0.5) is 0 Å². The fourth-order valence-corrected chi connectivity index (χ4v) is 3.54. The number of benzene rings is 2. The van der Waals surface area contributed by atoms with Crippen molar-refractivity contribution in [2.45, 2.75) is 12.5 Å². The second kappa shape index (κ2) is 8.85. The van der Waals surface area contributed by atoms with E-state index in [-0.39, 0.29) is 19.1 Å². The molecule has 2 aromatic carbocycles. The van der Waals surface area contributed by atoms with Gasteiger partial charge in [-0.25, -0.2) is 0 Å². The van der Waals surface area contributed by atoms with Crippen molar-refractivity contribution in [1.29, 1.82) is 0 Å². The number of amides is 1. The number of hydrogen-bond donors (Lipinski definition) is 3. The molecule has 4 nitrogen and oxygen atoms in total. The Morgan fingerprint density at radius 3 is 2.52 bits per heavy atom. The molecule has 140 valence electrons. The van der Waals surface area contributed by atoms with Gasteiger partial charge in [-0.2, -0.15) is 0 Å². The van der Waals surface area contributed by atoms with Crippen LogP contribution in [0.2, 0.25) is 5.02 Å². The minimum Gasteiger partial charge on any atom is -0.394 e. The van der Waals surface area contributed by atoms with Gasteiger partial charge in [0.2, 0.25) is 0 Å².